The number of hydrogen-bond donors (Lipinski definition) is 1. The molecule has 2 N–H and O–H groups in total. The van der Waals surface area contributed by atoms with E-state index in [2.05, 4.69) is 18.8 Å². The topological polar surface area (TPSA) is 59.2 Å². The van der Waals surface area contributed by atoms with Crippen molar-refractivity contribution in [1.29, 1.82) is 0 Å². The number of rotatable bonds is 5. The molecule has 0 saturated carbocycles. The molecular weight excluding hydrogens is 282 g/mol. The van der Waals surface area contributed by atoms with Crippen molar-refractivity contribution in [2.24, 2.45) is 11.7 Å². The minimum absolute atomic E-state index is 0.0407. The number of carbonyl (C=O) groups is 1. The predicted octanol–water partition coefficient (Wildman–Crippen LogP) is 3.05. The average Bonchev–Trinajstić information content (AvgIpc) is 2.82. The molecule has 2 aromatic rings. The molecule has 2 rings (SSSR count). The van der Waals surface area contributed by atoms with E-state index in [0.717, 1.165) is 21.6 Å². The van der Waals surface area contributed by atoms with Gasteiger partial charge in [-0.25, -0.2) is 4.98 Å². The fourth-order valence-corrected chi connectivity index (χ4v) is 3.04. The van der Waals surface area contributed by atoms with Crippen molar-refractivity contribution in [3.63, 3.8) is 0 Å². The highest BCUT2D eigenvalue weighted by Gasteiger charge is 2.15. The second-order valence-electron chi connectivity index (χ2n) is 5.84. The molecule has 1 heterocycles. The third kappa shape index (κ3) is 3.80. The van der Waals surface area contributed by atoms with Gasteiger partial charge < -0.3 is 10.6 Å². The van der Waals surface area contributed by atoms with Crippen LogP contribution in [0, 0.1) is 12.8 Å². The van der Waals surface area contributed by atoms with E-state index in [1.54, 1.807) is 16.2 Å². The summed E-state index contributed by atoms with van der Waals surface area (Å²) in [5.74, 6) is 0.476. The van der Waals surface area contributed by atoms with E-state index in [1.807, 2.05) is 32.2 Å². The molecule has 0 unspecified atom stereocenters. The van der Waals surface area contributed by atoms with Crippen LogP contribution in [0.25, 0.3) is 10.2 Å². The Kier molecular flexibility index (Phi) is 4.96. The summed E-state index contributed by atoms with van der Waals surface area (Å²) in [4.78, 5) is 18.6. The molecule has 0 aliphatic heterocycles. The van der Waals surface area contributed by atoms with E-state index < -0.39 is 0 Å². The first kappa shape index (κ1) is 15.9. The Morgan fingerprint density at radius 1 is 1.43 bits per heavy atom. The van der Waals surface area contributed by atoms with Crippen molar-refractivity contribution in [3.8, 4) is 0 Å². The van der Waals surface area contributed by atoms with Crippen molar-refractivity contribution >= 4 is 27.5 Å². The first-order valence-electron chi connectivity index (χ1n) is 7.26. The van der Waals surface area contributed by atoms with Crippen LogP contribution in [0.3, 0.4) is 0 Å². The lowest BCUT2D eigenvalue weighted by Gasteiger charge is -2.21. The fourth-order valence-electron chi connectivity index (χ4n) is 2.17. The van der Waals surface area contributed by atoms with Crippen LogP contribution in [0.4, 0.5) is 0 Å². The first-order chi connectivity index (χ1) is 9.88. The van der Waals surface area contributed by atoms with Crippen LogP contribution in [0.5, 0.6) is 0 Å². The van der Waals surface area contributed by atoms with Gasteiger partial charge in [-0.15, -0.1) is 11.3 Å². The molecule has 0 bridgehead atoms. The molecule has 4 nitrogen and oxygen atoms in total. The zero-order valence-corrected chi connectivity index (χ0v) is 13.9. The monoisotopic (exact) mass is 305 g/mol. The second-order valence-corrected chi connectivity index (χ2v) is 7.07. The van der Waals surface area contributed by atoms with Crippen molar-refractivity contribution in [3.05, 3.63) is 28.8 Å². The van der Waals surface area contributed by atoms with Crippen molar-refractivity contribution < 1.29 is 4.79 Å². The zero-order valence-electron chi connectivity index (χ0n) is 13.1. The van der Waals surface area contributed by atoms with Crippen molar-refractivity contribution in [2.75, 3.05) is 13.6 Å². The highest BCUT2D eigenvalue weighted by atomic mass is 32.1. The quantitative estimate of drug-likeness (QED) is 0.923. The molecule has 114 valence electrons. The third-order valence-corrected chi connectivity index (χ3v) is 4.68. The summed E-state index contributed by atoms with van der Waals surface area (Å²) >= 11 is 1.62. The highest BCUT2D eigenvalue weighted by molar-refractivity contribution is 7.18. The van der Waals surface area contributed by atoms with Gasteiger partial charge in [0.2, 0.25) is 0 Å². The molecule has 0 radical (unpaired) electrons. The Bertz CT molecular complexity index is 635. The Morgan fingerprint density at radius 2 is 2.14 bits per heavy atom. The standard InChI is InChI=1S/C16H23N3OS/c1-10(2)13(17)7-8-19(4)16(20)12-5-6-14-15(9-12)21-11(3)18-14/h5-6,9-10,13H,7-8,17H2,1-4H3/t13-/m0/s1. The number of benzene rings is 1. The van der Waals surface area contributed by atoms with Crippen LogP contribution in [-0.2, 0) is 0 Å². The van der Waals surface area contributed by atoms with Gasteiger partial charge in [0.05, 0.1) is 15.2 Å². The minimum atomic E-state index is 0.0407. The maximum absolute atomic E-state index is 12.4. The maximum atomic E-state index is 12.4. The molecular formula is C16H23N3OS. The number of thiazole rings is 1. The molecule has 0 saturated heterocycles. The van der Waals surface area contributed by atoms with E-state index in [4.69, 9.17) is 5.73 Å². The Morgan fingerprint density at radius 3 is 2.81 bits per heavy atom. The van der Waals surface area contributed by atoms with Gasteiger partial charge in [-0.2, -0.15) is 0 Å². The van der Waals surface area contributed by atoms with Gasteiger partial charge in [-0.3, -0.25) is 4.79 Å². The number of nitrogens with zero attached hydrogens (tertiary/aromatic N) is 2. The summed E-state index contributed by atoms with van der Waals surface area (Å²) in [6, 6.07) is 5.83. The molecule has 0 fully saturated rings. The summed E-state index contributed by atoms with van der Waals surface area (Å²) in [6.07, 6.45) is 0.821. The van der Waals surface area contributed by atoms with Gasteiger partial charge >= 0.3 is 0 Å². The number of hydrogen-bond acceptors (Lipinski definition) is 4. The van der Waals surface area contributed by atoms with Crippen LogP contribution in [0.2, 0.25) is 0 Å². The van der Waals surface area contributed by atoms with Gasteiger partial charge in [0, 0.05) is 25.2 Å². The van der Waals surface area contributed by atoms with Gasteiger partial charge in [0.25, 0.3) is 5.91 Å². The SMILES string of the molecule is Cc1nc2ccc(C(=O)N(C)CC[C@H](N)C(C)C)cc2s1. The van der Waals surface area contributed by atoms with E-state index in [1.165, 1.54) is 0 Å². The van der Waals surface area contributed by atoms with Gasteiger partial charge in [0.1, 0.15) is 0 Å². The number of nitrogens with two attached hydrogens (primary N) is 1. The molecule has 1 amide bonds. The summed E-state index contributed by atoms with van der Waals surface area (Å²) < 4.78 is 1.06. The number of aromatic nitrogens is 1. The maximum Gasteiger partial charge on any atom is 0.253 e. The molecule has 21 heavy (non-hydrogen) atoms. The molecule has 5 heteroatoms. The molecule has 0 aliphatic carbocycles. The Balaban J connectivity index is 2.06. The lowest BCUT2D eigenvalue weighted by atomic mass is 10.0. The summed E-state index contributed by atoms with van der Waals surface area (Å²) in [5.41, 5.74) is 7.71. The molecule has 0 aliphatic rings. The van der Waals surface area contributed by atoms with Crippen LogP contribution in [0.15, 0.2) is 18.2 Å². The summed E-state index contributed by atoms with van der Waals surface area (Å²) in [7, 11) is 1.83. The van der Waals surface area contributed by atoms with E-state index in [9.17, 15) is 4.79 Å². The predicted molar refractivity (Wildman–Crippen MR) is 88.7 cm³/mol. The van der Waals surface area contributed by atoms with Crippen LogP contribution < -0.4 is 5.73 Å². The van der Waals surface area contributed by atoms with E-state index in [-0.39, 0.29) is 11.9 Å². The van der Waals surface area contributed by atoms with Crippen molar-refractivity contribution in [1.82, 2.24) is 9.88 Å². The number of aryl methyl sites for hydroxylation is 1. The Labute approximate surface area is 130 Å². The lowest BCUT2D eigenvalue weighted by Crippen LogP contribution is -2.34. The summed E-state index contributed by atoms with van der Waals surface area (Å²) in [6.45, 7) is 6.86. The molecule has 1 atom stereocenters. The van der Waals surface area contributed by atoms with Gasteiger partial charge in [0.15, 0.2) is 0 Å². The first-order valence-corrected chi connectivity index (χ1v) is 8.08. The second kappa shape index (κ2) is 6.54. The number of carbonyl (C=O) groups excluding carboxylic acids is 1. The zero-order chi connectivity index (χ0) is 15.6. The lowest BCUT2D eigenvalue weighted by molar-refractivity contribution is 0.0789. The molecule has 0 spiro atoms. The highest BCUT2D eigenvalue weighted by Crippen LogP contribution is 2.23. The normalized spacial score (nSPS) is 12.9. The number of amides is 1. The van der Waals surface area contributed by atoms with E-state index in [0.29, 0.717) is 18.0 Å². The van der Waals surface area contributed by atoms with Gasteiger partial charge in [-0.1, -0.05) is 13.8 Å². The fraction of sp³-hybridized carbons (Fsp3) is 0.500. The van der Waals surface area contributed by atoms with Crippen LogP contribution in [0.1, 0.15) is 35.6 Å². The molecule has 1 aromatic carbocycles. The van der Waals surface area contributed by atoms with Gasteiger partial charge in [-0.05, 0) is 37.5 Å². The minimum Gasteiger partial charge on any atom is -0.342 e. The third-order valence-electron chi connectivity index (χ3n) is 3.74. The average molecular weight is 305 g/mol. The molecule has 1 aromatic heterocycles. The summed E-state index contributed by atoms with van der Waals surface area (Å²) in [5, 5.41) is 1.02. The largest absolute Gasteiger partial charge is 0.342 e. The smallest absolute Gasteiger partial charge is 0.253 e. The van der Waals surface area contributed by atoms with Crippen molar-refractivity contribution in [2.45, 2.75) is 33.2 Å². The van der Waals surface area contributed by atoms with E-state index >= 15 is 0 Å². The van der Waals surface area contributed by atoms with Crippen LogP contribution >= 0.6 is 11.3 Å². The van der Waals surface area contributed by atoms with Crippen LogP contribution in [-0.4, -0.2) is 35.4 Å². The number of fused-ring (bicyclic) bond motifs is 1. The Hall–Kier alpha value is -1.46.